The molecular formula is C19H24N2O4S. The summed E-state index contributed by atoms with van der Waals surface area (Å²) in [6, 6.07) is 14.1. The summed E-state index contributed by atoms with van der Waals surface area (Å²) in [5.74, 6) is 0.408. The third-order valence-electron chi connectivity index (χ3n) is 3.99. The molecule has 0 atom stereocenters. The predicted molar refractivity (Wildman–Crippen MR) is 103 cm³/mol. The maximum atomic E-state index is 12.2. The number of methoxy groups -OCH3 is 1. The first kappa shape index (κ1) is 19.8. The summed E-state index contributed by atoms with van der Waals surface area (Å²) in [7, 11) is -1.90. The van der Waals surface area contributed by atoms with E-state index in [2.05, 4.69) is 5.32 Å². The summed E-state index contributed by atoms with van der Waals surface area (Å²) in [5, 5.41) is 2.76. The van der Waals surface area contributed by atoms with Gasteiger partial charge in [-0.15, -0.1) is 0 Å². The number of nitrogens with one attached hydrogen (secondary N) is 1. The quantitative estimate of drug-likeness (QED) is 0.768. The Hall–Kier alpha value is -2.54. The van der Waals surface area contributed by atoms with Gasteiger partial charge < -0.3 is 10.1 Å². The molecule has 0 bridgehead atoms. The molecule has 0 saturated heterocycles. The first-order chi connectivity index (χ1) is 12.4. The molecular weight excluding hydrogens is 352 g/mol. The maximum absolute atomic E-state index is 12.2. The van der Waals surface area contributed by atoms with Gasteiger partial charge in [-0.25, -0.2) is 8.42 Å². The minimum absolute atomic E-state index is 0.164. The van der Waals surface area contributed by atoms with Crippen LogP contribution in [0.2, 0.25) is 0 Å². The van der Waals surface area contributed by atoms with Crippen LogP contribution in [-0.2, 0) is 16.4 Å². The highest BCUT2D eigenvalue weighted by Crippen LogP contribution is 2.23. The minimum atomic E-state index is -3.46. The van der Waals surface area contributed by atoms with Crippen LogP contribution in [0.25, 0.3) is 0 Å². The molecule has 26 heavy (non-hydrogen) atoms. The lowest BCUT2D eigenvalue weighted by Gasteiger charge is -2.24. The fraction of sp³-hybridized carbons (Fsp3) is 0.316. The van der Waals surface area contributed by atoms with Crippen LogP contribution in [0.4, 0.5) is 5.69 Å². The van der Waals surface area contributed by atoms with Gasteiger partial charge >= 0.3 is 0 Å². The van der Waals surface area contributed by atoms with E-state index in [-0.39, 0.29) is 19.0 Å². The Bertz CT molecular complexity index is 848. The number of hydrogen-bond acceptors (Lipinski definition) is 4. The zero-order chi connectivity index (χ0) is 19.2. The normalized spacial score (nSPS) is 11.0. The highest BCUT2D eigenvalue weighted by Gasteiger charge is 2.19. The number of carbonyl (C=O) groups excluding carboxylic acids is 1. The molecule has 1 amide bonds. The van der Waals surface area contributed by atoms with E-state index in [4.69, 9.17) is 4.74 Å². The van der Waals surface area contributed by atoms with E-state index in [1.807, 2.05) is 25.1 Å². The van der Waals surface area contributed by atoms with Crippen molar-refractivity contribution in [3.8, 4) is 5.75 Å². The van der Waals surface area contributed by atoms with Gasteiger partial charge in [-0.05, 0) is 42.3 Å². The molecule has 0 aliphatic carbocycles. The Morgan fingerprint density at radius 1 is 1.12 bits per heavy atom. The van der Waals surface area contributed by atoms with E-state index in [1.165, 1.54) is 10.6 Å². The van der Waals surface area contributed by atoms with E-state index in [0.29, 0.717) is 17.0 Å². The molecule has 0 fully saturated rings. The highest BCUT2D eigenvalue weighted by atomic mass is 32.2. The largest absolute Gasteiger partial charge is 0.497 e. The van der Waals surface area contributed by atoms with E-state index in [1.54, 1.807) is 37.4 Å². The third-order valence-corrected chi connectivity index (χ3v) is 5.17. The zero-order valence-electron chi connectivity index (χ0n) is 15.2. The smallest absolute Gasteiger partial charge is 0.251 e. The number of para-hydroxylation sites is 1. The average Bonchev–Trinajstić information content (AvgIpc) is 2.64. The van der Waals surface area contributed by atoms with Crippen molar-refractivity contribution in [3.63, 3.8) is 0 Å². The number of anilines is 1. The van der Waals surface area contributed by atoms with E-state index >= 15 is 0 Å². The molecule has 0 aromatic heterocycles. The van der Waals surface area contributed by atoms with Crippen LogP contribution in [0.5, 0.6) is 5.75 Å². The van der Waals surface area contributed by atoms with Crippen LogP contribution < -0.4 is 14.4 Å². The van der Waals surface area contributed by atoms with Crippen LogP contribution in [0, 0.1) is 0 Å². The fourth-order valence-electron chi connectivity index (χ4n) is 2.63. The SMILES string of the molecule is CCc1ccccc1N(CCNC(=O)c1ccc(OC)cc1)S(C)(=O)=O. The Morgan fingerprint density at radius 2 is 1.77 bits per heavy atom. The van der Waals surface area contributed by atoms with Gasteiger partial charge in [0.15, 0.2) is 0 Å². The Balaban J connectivity index is 2.07. The minimum Gasteiger partial charge on any atom is -0.497 e. The lowest BCUT2D eigenvalue weighted by molar-refractivity contribution is 0.0955. The molecule has 0 unspecified atom stereocenters. The molecule has 2 rings (SSSR count). The molecule has 2 aromatic rings. The van der Waals surface area contributed by atoms with Crippen molar-refractivity contribution in [2.24, 2.45) is 0 Å². The van der Waals surface area contributed by atoms with Crippen LogP contribution in [0.15, 0.2) is 48.5 Å². The molecule has 0 saturated carbocycles. The molecule has 0 aliphatic heterocycles. The summed E-state index contributed by atoms with van der Waals surface area (Å²) >= 11 is 0. The Morgan fingerprint density at radius 3 is 2.35 bits per heavy atom. The van der Waals surface area contributed by atoms with Gasteiger partial charge in [0, 0.05) is 12.1 Å². The van der Waals surface area contributed by atoms with Gasteiger partial charge in [0.2, 0.25) is 10.0 Å². The van der Waals surface area contributed by atoms with E-state index in [0.717, 1.165) is 12.0 Å². The van der Waals surface area contributed by atoms with Crippen LogP contribution in [0.3, 0.4) is 0 Å². The van der Waals surface area contributed by atoms with E-state index < -0.39 is 10.0 Å². The topological polar surface area (TPSA) is 75.7 Å². The Labute approximate surface area is 154 Å². The maximum Gasteiger partial charge on any atom is 0.251 e. The van der Waals surface area contributed by atoms with Crippen molar-refractivity contribution in [1.82, 2.24) is 5.32 Å². The molecule has 1 N–H and O–H groups in total. The fourth-order valence-corrected chi connectivity index (χ4v) is 3.59. The summed E-state index contributed by atoms with van der Waals surface area (Å²) in [4.78, 5) is 12.2. The first-order valence-corrected chi connectivity index (χ1v) is 10.2. The van der Waals surface area contributed by atoms with E-state index in [9.17, 15) is 13.2 Å². The number of nitrogens with zero attached hydrogens (tertiary/aromatic N) is 1. The number of benzene rings is 2. The standard InChI is InChI=1S/C19H24N2O4S/c1-4-15-7-5-6-8-18(15)21(26(3,23)24)14-13-20-19(22)16-9-11-17(25-2)12-10-16/h5-12H,4,13-14H2,1-3H3,(H,20,22). The predicted octanol–water partition coefficient (Wildman–Crippen LogP) is 2.45. The summed E-state index contributed by atoms with van der Waals surface area (Å²) in [6.45, 7) is 2.35. The molecule has 6 nitrogen and oxygen atoms in total. The zero-order valence-corrected chi connectivity index (χ0v) is 16.0. The van der Waals surface area contributed by atoms with Crippen molar-refractivity contribution >= 4 is 21.6 Å². The van der Waals surface area contributed by atoms with Crippen LogP contribution >= 0.6 is 0 Å². The average molecular weight is 376 g/mol. The lowest BCUT2D eigenvalue weighted by atomic mass is 10.1. The lowest BCUT2D eigenvalue weighted by Crippen LogP contribution is -2.38. The second-order valence-electron chi connectivity index (χ2n) is 5.80. The summed E-state index contributed by atoms with van der Waals surface area (Å²) in [5.41, 5.74) is 2.08. The van der Waals surface area contributed by atoms with Gasteiger partial charge in [-0.2, -0.15) is 0 Å². The van der Waals surface area contributed by atoms with Gasteiger partial charge in [0.1, 0.15) is 5.75 Å². The van der Waals surface area contributed by atoms with Crippen LogP contribution in [-0.4, -0.2) is 40.8 Å². The van der Waals surface area contributed by atoms with Gasteiger partial charge in [0.25, 0.3) is 5.91 Å². The molecule has 0 radical (unpaired) electrons. The van der Waals surface area contributed by atoms with Crippen molar-refractivity contribution in [2.45, 2.75) is 13.3 Å². The van der Waals surface area contributed by atoms with Crippen molar-refractivity contribution in [1.29, 1.82) is 0 Å². The molecule has 7 heteroatoms. The molecule has 0 aliphatic rings. The number of carbonyl (C=O) groups is 1. The Kier molecular flexibility index (Phi) is 6.63. The summed E-state index contributed by atoms with van der Waals surface area (Å²) in [6.07, 6.45) is 1.89. The van der Waals surface area contributed by atoms with Crippen LogP contribution in [0.1, 0.15) is 22.8 Å². The van der Waals surface area contributed by atoms with Crippen molar-refractivity contribution < 1.29 is 17.9 Å². The second-order valence-corrected chi connectivity index (χ2v) is 7.71. The molecule has 0 spiro atoms. The third kappa shape index (κ3) is 4.98. The number of ether oxygens (including phenoxy) is 1. The number of amides is 1. The monoisotopic (exact) mass is 376 g/mol. The van der Waals surface area contributed by atoms with Gasteiger partial charge in [-0.1, -0.05) is 25.1 Å². The molecule has 140 valence electrons. The number of rotatable bonds is 8. The molecule has 2 aromatic carbocycles. The van der Waals surface area contributed by atoms with Crippen molar-refractivity contribution in [2.75, 3.05) is 30.8 Å². The number of sulfonamides is 1. The second kappa shape index (κ2) is 8.71. The van der Waals surface area contributed by atoms with Crippen molar-refractivity contribution in [3.05, 3.63) is 59.7 Å². The highest BCUT2D eigenvalue weighted by molar-refractivity contribution is 7.92. The van der Waals surface area contributed by atoms with Gasteiger partial charge in [0.05, 0.1) is 25.6 Å². The first-order valence-electron chi connectivity index (χ1n) is 8.34. The number of aryl methyl sites for hydroxylation is 1. The number of hydrogen-bond donors (Lipinski definition) is 1. The molecule has 0 heterocycles. The van der Waals surface area contributed by atoms with Gasteiger partial charge in [-0.3, -0.25) is 9.10 Å². The summed E-state index contributed by atoms with van der Waals surface area (Å²) < 4.78 is 30.8.